The molecule has 1 aromatic rings. The maximum atomic E-state index is 5.45. The maximum absolute atomic E-state index is 5.45. The average molecular weight is 182 g/mol. The lowest BCUT2D eigenvalue weighted by atomic mass is 10.2. The molecule has 2 nitrogen and oxygen atoms in total. The van der Waals surface area contributed by atoms with Crippen LogP contribution in [0.5, 0.6) is 0 Å². The first-order valence-electron chi connectivity index (χ1n) is 3.66. The van der Waals surface area contributed by atoms with Crippen molar-refractivity contribution in [1.82, 2.24) is 0 Å². The molecule has 0 N–H and O–H groups in total. The molecule has 1 fully saturated rings. The van der Waals surface area contributed by atoms with Gasteiger partial charge in [-0.1, -0.05) is 24.3 Å². The lowest BCUT2D eigenvalue weighted by Gasteiger charge is -2.26. The fraction of sp³-hybridized carbons (Fsp3) is 0.143. The van der Waals surface area contributed by atoms with Crippen molar-refractivity contribution in [1.29, 1.82) is 0 Å². The largest absolute Gasteiger partial charge is 0.419 e. The summed E-state index contributed by atoms with van der Waals surface area (Å²) in [6.07, 6.45) is 0. The van der Waals surface area contributed by atoms with Gasteiger partial charge < -0.3 is 8.23 Å². The third-order valence-corrected chi connectivity index (χ3v) is 6.55. The van der Waals surface area contributed by atoms with Gasteiger partial charge in [0.05, 0.1) is 0 Å². The van der Waals surface area contributed by atoms with Crippen molar-refractivity contribution in [2.24, 2.45) is 0 Å². The summed E-state index contributed by atoms with van der Waals surface area (Å²) in [5.41, 5.74) is 1.30. The van der Waals surface area contributed by atoms with Crippen molar-refractivity contribution in [3.05, 3.63) is 29.8 Å². The van der Waals surface area contributed by atoms with Crippen LogP contribution < -0.4 is 5.19 Å². The zero-order valence-corrected chi connectivity index (χ0v) is 8.98. The van der Waals surface area contributed by atoms with Gasteiger partial charge in [0.25, 0.3) is 10.0 Å². The third-order valence-electron chi connectivity index (χ3n) is 1.88. The van der Waals surface area contributed by atoms with E-state index in [4.69, 9.17) is 8.23 Å². The summed E-state index contributed by atoms with van der Waals surface area (Å²) in [7, 11) is -1.88. The van der Waals surface area contributed by atoms with Crippen LogP contribution >= 0.6 is 0 Å². The molecule has 0 amide bonds. The monoisotopic (exact) mass is 182 g/mol. The molecule has 0 unspecified atom stereocenters. The van der Waals surface area contributed by atoms with Gasteiger partial charge in [0.1, 0.15) is 0 Å². The SMILES string of the molecule is Cc1ccccc1[SiH]1O[SiH2]O1. The zero-order chi connectivity index (χ0) is 7.68. The van der Waals surface area contributed by atoms with Crippen LogP contribution in [0.25, 0.3) is 0 Å². The summed E-state index contributed by atoms with van der Waals surface area (Å²) in [6.45, 7) is 2.11. The Morgan fingerprint density at radius 3 is 2.55 bits per heavy atom. The highest BCUT2D eigenvalue weighted by Gasteiger charge is 2.25. The predicted molar refractivity (Wildman–Crippen MR) is 48.7 cm³/mol. The molecule has 1 aromatic carbocycles. The van der Waals surface area contributed by atoms with Crippen LogP contribution in [0.2, 0.25) is 0 Å². The summed E-state index contributed by atoms with van der Waals surface area (Å²) in [5.74, 6) is 0. The van der Waals surface area contributed by atoms with Crippen LogP contribution in [0, 0.1) is 6.92 Å². The minimum atomic E-state index is -1.34. The molecule has 0 atom stereocenters. The molecular formula is C7H10O2Si2. The van der Waals surface area contributed by atoms with Crippen LogP contribution in [0.15, 0.2) is 24.3 Å². The van der Waals surface area contributed by atoms with Crippen molar-refractivity contribution >= 4 is 24.5 Å². The van der Waals surface area contributed by atoms with E-state index in [1.165, 1.54) is 10.8 Å². The second-order valence-corrected chi connectivity index (χ2v) is 6.83. The van der Waals surface area contributed by atoms with Crippen molar-refractivity contribution < 1.29 is 8.23 Å². The molecule has 1 saturated heterocycles. The molecule has 4 heteroatoms. The van der Waals surface area contributed by atoms with Gasteiger partial charge in [-0.25, -0.2) is 0 Å². The van der Waals surface area contributed by atoms with Crippen LogP contribution in [-0.2, 0) is 8.23 Å². The number of benzene rings is 1. The van der Waals surface area contributed by atoms with E-state index >= 15 is 0 Å². The molecule has 0 saturated carbocycles. The maximum Gasteiger partial charge on any atom is 0.337 e. The van der Waals surface area contributed by atoms with Gasteiger partial charge in [-0.2, -0.15) is 0 Å². The van der Waals surface area contributed by atoms with Crippen molar-refractivity contribution in [2.75, 3.05) is 0 Å². The van der Waals surface area contributed by atoms with E-state index in [1.807, 2.05) is 12.1 Å². The Kier molecular flexibility index (Phi) is 1.91. The van der Waals surface area contributed by atoms with Crippen molar-refractivity contribution in [2.45, 2.75) is 6.92 Å². The van der Waals surface area contributed by atoms with Gasteiger partial charge in [0, 0.05) is 0 Å². The molecule has 0 aromatic heterocycles. The first-order chi connectivity index (χ1) is 5.38. The molecule has 0 spiro atoms. The molecule has 0 bridgehead atoms. The summed E-state index contributed by atoms with van der Waals surface area (Å²) >= 11 is 0. The molecular weight excluding hydrogens is 172 g/mol. The Morgan fingerprint density at radius 2 is 2.00 bits per heavy atom. The highest BCUT2D eigenvalue weighted by molar-refractivity contribution is 6.75. The molecule has 0 aliphatic carbocycles. The number of rotatable bonds is 1. The van der Waals surface area contributed by atoms with E-state index in [0.29, 0.717) is 0 Å². The van der Waals surface area contributed by atoms with E-state index in [0.717, 1.165) is 0 Å². The second kappa shape index (κ2) is 2.90. The Bertz CT molecular complexity index is 260. The molecule has 11 heavy (non-hydrogen) atoms. The first-order valence-corrected chi connectivity index (χ1v) is 6.34. The Balaban J connectivity index is 2.28. The highest BCUT2D eigenvalue weighted by Crippen LogP contribution is 2.03. The summed E-state index contributed by atoms with van der Waals surface area (Å²) in [5, 5.41) is 1.31. The third kappa shape index (κ3) is 1.30. The van der Waals surface area contributed by atoms with Gasteiger partial charge in [-0.15, -0.1) is 0 Å². The van der Waals surface area contributed by atoms with E-state index in [1.54, 1.807) is 0 Å². The standard InChI is InChI=1S/C7H10O2Si2/c1-6-4-2-3-5-7(6)11-8-10-9-11/h2-5,11H,10H2,1H3. The van der Waals surface area contributed by atoms with Crippen LogP contribution in [0.1, 0.15) is 5.56 Å². The number of hydrogen-bond donors (Lipinski definition) is 0. The van der Waals surface area contributed by atoms with Gasteiger partial charge >= 0.3 is 9.28 Å². The summed E-state index contributed by atoms with van der Waals surface area (Å²) < 4.78 is 10.9. The van der Waals surface area contributed by atoms with Crippen LogP contribution in [0.3, 0.4) is 0 Å². The molecule has 0 radical (unpaired) electrons. The second-order valence-electron chi connectivity index (χ2n) is 2.64. The van der Waals surface area contributed by atoms with Gasteiger partial charge in [0.15, 0.2) is 0 Å². The molecule has 1 aliphatic heterocycles. The normalized spacial score (nSPS) is 25.0. The predicted octanol–water partition coefficient (Wildman–Crippen LogP) is -0.532. The fourth-order valence-electron chi connectivity index (χ4n) is 1.17. The number of hydrogen-bond acceptors (Lipinski definition) is 2. The van der Waals surface area contributed by atoms with Crippen molar-refractivity contribution in [3.63, 3.8) is 0 Å². The average Bonchev–Trinajstić information content (AvgIpc) is 1.90. The van der Waals surface area contributed by atoms with Gasteiger partial charge in [-0.3, -0.25) is 0 Å². The van der Waals surface area contributed by atoms with E-state index in [9.17, 15) is 0 Å². The molecule has 1 aliphatic rings. The smallest absolute Gasteiger partial charge is 0.337 e. The fourth-order valence-corrected chi connectivity index (χ4v) is 4.43. The van der Waals surface area contributed by atoms with Gasteiger partial charge in [-0.05, 0) is 17.7 Å². The Labute approximate surface area is 70.1 Å². The van der Waals surface area contributed by atoms with Gasteiger partial charge in [0.2, 0.25) is 0 Å². The highest BCUT2D eigenvalue weighted by atomic mass is 28.4. The Morgan fingerprint density at radius 1 is 1.27 bits per heavy atom. The Hall–Kier alpha value is -0.426. The zero-order valence-electron chi connectivity index (χ0n) is 6.41. The molecule has 58 valence electrons. The quantitative estimate of drug-likeness (QED) is 0.544. The topological polar surface area (TPSA) is 18.5 Å². The van der Waals surface area contributed by atoms with Crippen molar-refractivity contribution in [3.8, 4) is 0 Å². The van der Waals surface area contributed by atoms with Crippen LogP contribution in [0.4, 0.5) is 0 Å². The lowest BCUT2D eigenvalue weighted by molar-refractivity contribution is 0.327. The minimum absolute atomic E-state index is 0.541. The van der Waals surface area contributed by atoms with E-state index in [-0.39, 0.29) is 0 Å². The van der Waals surface area contributed by atoms with E-state index < -0.39 is 19.3 Å². The van der Waals surface area contributed by atoms with Crippen LogP contribution in [-0.4, -0.2) is 19.3 Å². The molecule has 2 rings (SSSR count). The first kappa shape index (κ1) is 7.24. The lowest BCUT2D eigenvalue weighted by Crippen LogP contribution is -2.49. The summed E-state index contributed by atoms with van der Waals surface area (Å²) in [4.78, 5) is 0. The summed E-state index contributed by atoms with van der Waals surface area (Å²) in [6, 6.07) is 8.31. The van der Waals surface area contributed by atoms with E-state index in [2.05, 4.69) is 19.1 Å². The minimum Gasteiger partial charge on any atom is -0.419 e. The number of aryl methyl sites for hydroxylation is 1. The molecule has 1 heterocycles.